The predicted octanol–water partition coefficient (Wildman–Crippen LogP) is 5.97. The fraction of sp³-hybridized carbons (Fsp3) is 0.278. The molecule has 230 valence electrons. The molecule has 1 atom stereocenters. The zero-order valence-electron chi connectivity index (χ0n) is 26.0. The number of amides is 2. The second-order valence-corrected chi connectivity index (χ2v) is 13.3. The van der Waals surface area contributed by atoms with Crippen molar-refractivity contribution in [2.24, 2.45) is 0 Å². The lowest BCUT2D eigenvalue weighted by atomic mass is 10.0. The van der Waals surface area contributed by atoms with Crippen molar-refractivity contribution >= 4 is 27.5 Å². The first-order valence-electron chi connectivity index (χ1n) is 14.8. The van der Waals surface area contributed by atoms with Gasteiger partial charge in [-0.3, -0.25) is 13.9 Å². The van der Waals surface area contributed by atoms with Gasteiger partial charge < -0.3 is 10.2 Å². The van der Waals surface area contributed by atoms with Crippen molar-refractivity contribution in [3.05, 3.63) is 131 Å². The van der Waals surface area contributed by atoms with E-state index in [0.717, 1.165) is 22.3 Å². The molecule has 2 amide bonds. The van der Waals surface area contributed by atoms with Crippen LogP contribution in [-0.2, 0) is 32.6 Å². The van der Waals surface area contributed by atoms with Crippen LogP contribution in [-0.4, -0.2) is 43.8 Å². The molecule has 0 aliphatic rings. The SMILES string of the molecule is Cc1ccc(C)c(N(CC(=O)N(Cc2ccccc2C)[C@@H](Cc2ccccc2)C(=O)NC(C)C)S(=O)(=O)c2ccccc2)c1. The predicted molar refractivity (Wildman–Crippen MR) is 176 cm³/mol. The molecule has 0 aliphatic heterocycles. The molecule has 8 heteroatoms. The number of aryl methyl sites for hydroxylation is 3. The Morgan fingerprint density at radius 3 is 2.02 bits per heavy atom. The molecule has 0 bridgehead atoms. The molecule has 7 nitrogen and oxygen atoms in total. The summed E-state index contributed by atoms with van der Waals surface area (Å²) in [6.45, 7) is 9.08. The molecule has 0 radical (unpaired) electrons. The van der Waals surface area contributed by atoms with Crippen molar-refractivity contribution in [3.8, 4) is 0 Å². The number of rotatable bonds is 12. The topological polar surface area (TPSA) is 86.8 Å². The quantitative estimate of drug-likeness (QED) is 0.214. The number of carbonyl (C=O) groups excluding carboxylic acids is 2. The van der Waals surface area contributed by atoms with Gasteiger partial charge in [0.1, 0.15) is 12.6 Å². The third kappa shape index (κ3) is 7.94. The lowest BCUT2D eigenvalue weighted by molar-refractivity contribution is -0.140. The molecule has 0 fully saturated rings. The van der Waals surface area contributed by atoms with Gasteiger partial charge in [-0.05, 0) is 80.6 Å². The molecule has 44 heavy (non-hydrogen) atoms. The van der Waals surface area contributed by atoms with Gasteiger partial charge in [0, 0.05) is 19.0 Å². The minimum absolute atomic E-state index is 0.0811. The Hall–Kier alpha value is -4.43. The van der Waals surface area contributed by atoms with Crippen molar-refractivity contribution < 1.29 is 18.0 Å². The van der Waals surface area contributed by atoms with E-state index >= 15 is 0 Å². The molecular weight excluding hydrogens is 570 g/mol. The largest absolute Gasteiger partial charge is 0.352 e. The number of benzene rings is 4. The fourth-order valence-electron chi connectivity index (χ4n) is 5.13. The second kappa shape index (κ2) is 14.4. The summed E-state index contributed by atoms with van der Waals surface area (Å²) in [6, 6.07) is 29.9. The first kappa shape index (κ1) is 32.5. The van der Waals surface area contributed by atoms with Gasteiger partial charge >= 0.3 is 0 Å². The molecule has 0 heterocycles. The molecule has 0 saturated carbocycles. The van der Waals surface area contributed by atoms with E-state index in [4.69, 9.17) is 0 Å². The monoisotopic (exact) mass is 611 g/mol. The number of nitrogens with one attached hydrogen (secondary N) is 1. The highest BCUT2D eigenvalue weighted by molar-refractivity contribution is 7.92. The maximum Gasteiger partial charge on any atom is 0.264 e. The molecule has 0 aromatic heterocycles. The minimum Gasteiger partial charge on any atom is -0.352 e. The Balaban J connectivity index is 1.84. The van der Waals surface area contributed by atoms with E-state index in [1.165, 1.54) is 21.3 Å². The standard InChI is InChI=1S/C36H41N3O4S/c1-26(2)37-36(41)34(23-30-15-8-6-9-16-30)38(24-31-17-13-12-14-28(31)4)35(40)25-39(33-22-27(3)20-21-29(33)5)44(42,43)32-18-10-7-11-19-32/h6-22,26,34H,23-25H2,1-5H3,(H,37,41)/t34-/m0/s1. The van der Waals surface area contributed by atoms with Crippen LogP contribution in [0, 0.1) is 20.8 Å². The Morgan fingerprint density at radius 2 is 1.39 bits per heavy atom. The highest BCUT2D eigenvalue weighted by atomic mass is 32.2. The van der Waals surface area contributed by atoms with Crippen LogP contribution in [0.15, 0.2) is 108 Å². The van der Waals surface area contributed by atoms with Crippen LogP contribution in [0.3, 0.4) is 0 Å². The van der Waals surface area contributed by atoms with Crippen LogP contribution in [0.5, 0.6) is 0 Å². The third-order valence-electron chi connectivity index (χ3n) is 7.55. The number of hydrogen-bond donors (Lipinski definition) is 1. The molecule has 0 spiro atoms. The van der Waals surface area contributed by atoms with Crippen LogP contribution in [0.2, 0.25) is 0 Å². The smallest absolute Gasteiger partial charge is 0.264 e. The van der Waals surface area contributed by atoms with E-state index in [0.29, 0.717) is 11.3 Å². The van der Waals surface area contributed by atoms with Gasteiger partial charge in [-0.1, -0.05) is 84.9 Å². The van der Waals surface area contributed by atoms with Crippen LogP contribution in [0.4, 0.5) is 5.69 Å². The summed E-state index contributed by atoms with van der Waals surface area (Å²) < 4.78 is 29.5. The lowest BCUT2D eigenvalue weighted by Gasteiger charge is -2.34. The summed E-state index contributed by atoms with van der Waals surface area (Å²) in [5.74, 6) is -0.775. The molecule has 0 aliphatic carbocycles. The molecular formula is C36H41N3O4S. The van der Waals surface area contributed by atoms with Gasteiger partial charge in [0.15, 0.2) is 0 Å². The first-order chi connectivity index (χ1) is 21.0. The summed E-state index contributed by atoms with van der Waals surface area (Å²) in [6.07, 6.45) is 0.270. The molecule has 1 N–H and O–H groups in total. The van der Waals surface area contributed by atoms with E-state index < -0.39 is 28.5 Å². The van der Waals surface area contributed by atoms with Crippen LogP contribution >= 0.6 is 0 Å². The van der Waals surface area contributed by atoms with Gasteiger partial charge in [-0.15, -0.1) is 0 Å². The van der Waals surface area contributed by atoms with E-state index in [9.17, 15) is 18.0 Å². The Morgan fingerprint density at radius 1 is 0.773 bits per heavy atom. The zero-order chi connectivity index (χ0) is 31.9. The van der Waals surface area contributed by atoms with Crippen LogP contribution in [0.25, 0.3) is 0 Å². The number of hydrogen-bond acceptors (Lipinski definition) is 4. The third-order valence-corrected chi connectivity index (χ3v) is 9.32. The molecule has 0 unspecified atom stereocenters. The zero-order valence-corrected chi connectivity index (χ0v) is 26.8. The molecule has 4 aromatic carbocycles. The first-order valence-corrected chi connectivity index (χ1v) is 16.2. The highest BCUT2D eigenvalue weighted by Crippen LogP contribution is 2.29. The summed E-state index contributed by atoms with van der Waals surface area (Å²) in [7, 11) is -4.14. The van der Waals surface area contributed by atoms with E-state index in [1.54, 1.807) is 24.3 Å². The molecule has 4 aromatic rings. The van der Waals surface area contributed by atoms with Gasteiger partial charge in [0.2, 0.25) is 11.8 Å². The number of anilines is 1. The number of nitrogens with zero attached hydrogens (tertiary/aromatic N) is 2. The summed E-state index contributed by atoms with van der Waals surface area (Å²) in [5, 5.41) is 2.99. The van der Waals surface area contributed by atoms with Crippen molar-refractivity contribution in [1.29, 1.82) is 0 Å². The average Bonchev–Trinajstić information content (AvgIpc) is 3.00. The van der Waals surface area contributed by atoms with E-state index in [-0.39, 0.29) is 29.8 Å². The maximum atomic E-state index is 14.6. The Bertz CT molecular complexity index is 1690. The Kier molecular flexibility index (Phi) is 10.6. The fourth-order valence-corrected chi connectivity index (χ4v) is 6.62. The Labute approximate surface area is 261 Å². The second-order valence-electron chi connectivity index (χ2n) is 11.4. The van der Waals surface area contributed by atoms with Crippen molar-refractivity contribution in [2.75, 3.05) is 10.8 Å². The number of carbonyl (C=O) groups is 2. The maximum absolute atomic E-state index is 14.6. The van der Waals surface area contributed by atoms with Crippen LogP contribution < -0.4 is 9.62 Å². The summed E-state index contributed by atoms with van der Waals surface area (Å²) >= 11 is 0. The summed E-state index contributed by atoms with van der Waals surface area (Å²) in [4.78, 5) is 30.0. The van der Waals surface area contributed by atoms with Crippen LogP contribution in [0.1, 0.15) is 41.7 Å². The normalized spacial score (nSPS) is 12.0. The lowest BCUT2D eigenvalue weighted by Crippen LogP contribution is -2.54. The van der Waals surface area contributed by atoms with Crippen molar-refractivity contribution in [1.82, 2.24) is 10.2 Å². The number of sulfonamides is 1. The molecule has 0 saturated heterocycles. The van der Waals surface area contributed by atoms with Gasteiger partial charge in [-0.2, -0.15) is 0 Å². The average molecular weight is 612 g/mol. The van der Waals surface area contributed by atoms with Crippen molar-refractivity contribution in [3.63, 3.8) is 0 Å². The highest BCUT2D eigenvalue weighted by Gasteiger charge is 2.35. The molecule has 4 rings (SSSR count). The minimum atomic E-state index is -4.14. The van der Waals surface area contributed by atoms with Crippen molar-refractivity contribution in [2.45, 2.75) is 64.6 Å². The van der Waals surface area contributed by atoms with E-state index in [2.05, 4.69) is 5.32 Å². The van der Waals surface area contributed by atoms with Gasteiger partial charge in [0.05, 0.1) is 10.6 Å². The van der Waals surface area contributed by atoms with Gasteiger partial charge in [0.25, 0.3) is 10.0 Å². The van der Waals surface area contributed by atoms with Gasteiger partial charge in [-0.25, -0.2) is 8.42 Å². The van der Waals surface area contributed by atoms with E-state index in [1.807, 2.05) is 101 Å². The summed E-state index contributed by atoms with van der Waals surface area (Å²) in [5.41, 5.74) is 4.73.